The van der Waals surface area contributed by atoms with E-state index >= 15 is 0 Å². The summed E-state index contributed by atoms with van der Waals surface area (Å²) in [6.07, 6.45) is 5.04. The average Bonchev–Trinajstić information content (AvgIpc) is 2.99. The minimum Gasteiger partial charge on any atom is -0.497 e. The number of carbonyl (C=O) groups is 3. The number of ether oxygens (including phenoxy) is 2. The van der Waals surface area contributed by atoms with Gasteiger partial charge in [-0.2, -0.15) is 0 Å². The van der Waals surface area contributed by atoms with Crippen LogP contribution in [0.25, 0.3) is 0 Å². The number of methoxy groups -OCH3 is 1. The second-order valence-corrected chi connectivity index (χ2v) is 11.3. The zero-order valence-corrected chi connectivity index (χ0v) is 24.9. The molecule has 11 heteroatoms. The summed E-state index contributed by atoms with van der Waals surface area (Å²) in [5.41, 5.74) is 1.25. The summed E-state index contributed by atoms with van der Waals surface area (Å²) < 4.78 is 11.5. The first-order valence-electron chi connectivity index (χ1n) is 14.6. The number of aliphatic hydroxyl groups excluding tert-OH is 1. The summed E-state index contributed by atoms with van der Waals surface area (Å²) in [6, 6.07) is 11.0. The molecule has 2 aromatic rings. The molecule has 1 saturated carbocycles. The molecule has 2 aromatic carbocycles. The van der Waals surface area contributed by atoms with Crippen LogP contribution >= 0.6 is 0 Å². The lowest BCUT2D eigenvalue weighted by Crippen LogP contribution is -2.52. The van der Waals surface area contributed by atoms with Gasteiger partial charge in [0.25, 0.3) is 5.91 Å². The lowest BCUT2D eigenvalue weighted by molar-refractivity contribution is 0.0366. The van der Waals surface area contributed by atoms with Crippen LogP contribution in [-0.2, 0) is 0 Å². The van der Waals surface area contributed by atoms with Crippen LogP contribution in [0.1, 0.15) is 56.3 Å². The Morgan fingerprint density at radius 3 is 2.43 bits per heavy atom. The molecule has 4 rings (SSSR count). The van der Waals surface area contributed by atoms with E-state index in [1.165, 1.54) is 6.42 Å². The maximum Gasteiger partial charge on any atom is 0.323 e. The third kappa shape index (κ3) is 7.84. The maximum atomic E-state index is 13.7. The topological polar surface area (TPSA) is 132 Å². The van der Waals surface area contributed by atoms with Crippen LogP contribution < -0.4 is 25.4 Å². The van der Waals surface area contributed by atoms with Crippen molar-refractivity contribution in [3.05, 3.63) is 48.0 Å². The van der Waals surface area contributed by atoms with Gasteiger partial charge in [-0.15, -0.1) is 0 Å². The van der Waals surface area contributed by atoms with Gasteiger partial charge in [-0.1, -0.05) is 26.2 Å². The largest absolute Gasteiger partial charge is 0.497 e. The summed E-state index contributed by atoms with van der Waals surface area (Å²) in [6.45, 7) is 4.21. The van der Waals surface area contributed by atoms with Gasteiger partial charge in [-0.3, -0.25) is 4.79 Å². The molecule has 5 amide bonds. The molecule has 228 valence electrons. The quantitative estimate of drug-likeness (QED) is 0.362. The van der Waals surface area contributed by atoms with Crippen molar-refractivity contribution < 1.29 is 29.0 Å². The number of carbonyl (C=O) groups excluding carboxylic acids is 3. The van der Waals surface area contributed by atoms with Gasteiger partial charge in [0, 0.05) is 36.9 Å². The van der Waals surface area contributed by atoms with Crippen molar-refractivity contribution in [1.29, 1.82) is 0 Å². The SMILES string of the molecule is COc1ccc(NC(=O)Nc2ccc3c(c2)C(=O)N([C@@H](C)CO)C[C@@H](C)[C@@H](CN(C)C(=O)NC2CCCCC2)O3)cc1. The molecule has 0 aromatic heterocycles. The number of nitrogens with one attached hydrogen (secondary N) is 3. The van der Waals surface area contributed by atoms with E-state index in [1.807, 2.05) is 6.92 Å². The first-order chi connectivity index (χ1) is 20.2. The van der Waals surface area contributed by atoms with Gasteiger partial charge >= 0.3 is 12.1 Å². The first kappa shape index (κ1) is 31.0. The summed E-state index contributed by atoms with van der Waals surface area (Å²) in [4.78, 5) is 42.6. The third-order valence-corrected chi connectivity index (χ3v) is 8.00. The molecule has 0 radical (unpaired) electrons. The molecule has 1 fully saturated rings. The summed E-state index contributed by atoms with van der Waals surface area (Å²) in [7, 11) is 3.32. The van der Waals surface area contributed by atoms with Crippen LogP contribution in [0, 0.1) is 5.92 Å². The Morgan fingerprint density at radius 1 is 1.10 bits per heavy atom. The number of urea groups is 2. The predicted octanol–water partition coefficient (Wildman–Crippen LogP) is 4.53. The highest BCUT2D eigenvalue weighted by Crippen LogP contribution is 2.31. The van der Waals surface area contributed by atoms with Crippen molar-refractivity contribution in [2.45, 2.75) is 64.1 Å². The molecular formula is C31H43N5O6. The van der Waals surface area contributed by atoms with Crippen molar-refractivity contribution >= 4 is 29.3 Å². The summed E-state index contributed by atoms with van der Waals surface area (Å²) in [5, 5.41) is 18.6. The molecule has 1 aliphatic carbocycles. The Balaban J connectivity index is 1.51. The maximum absolute atomic E-state index is 13.7. The number of fused-ring (bicyclic) bond motifs is 1. The molecule has 4 N–H and O–H groups in total. The first-order valence-corrected chi connectivity index (χ1v) is 14.6. The van der Waals surface area contributed by atoms with E-state index in [0.29, 0.717) is 36.0 Å². The Hall–Kier alpha value is -3.99. The van der Waals surface area contributed by atoms with E-state index in [4.69, 9.17) is 9.47 Å². The number of amides is 5. The fraction of sp³-hybridized carbons (Fsp3) is 0.516. The van der Waals surface area contributed by atoms with Gasteiger partial charge in [0.05, 0.1) is 31.9 Å². The van der Waals surface area contributed by atoms with Crippen LogP contribution in [0.15, 0.2) is 42.5 Å². The van der Waals surface area contributed by atoms with Gasteiger partial charge in [0.1, 0.15) is 17.6 Å². The number of anilines is 2. The molecule has 3 atom stereocenters. The van der Waals surface area contributed by atoms with Gasteiger partial charge in [-0.25, -0.2) is 9.59 Å². The van der Waals surface area contributed by atoms with E-state index < -0.39 is 18.2 Å². The van der Waals surface area contributed by atoms with E-state index in [-0.39, 0.29) is 36.1 Å². The lowest BCUT2D eigenvalue weighted by Gasteiger charge is -2.38. The smallest absolute Gasteiger partial charge is 0.323 e. The fourth-order valence-corrected chi connectivity index (χ4v) is 5.37. The monoisotopic (exact) mass is 581 g/mol. The second kappa shape index (κ2) is 14.3. The lowest BCUT2D eigenvalue weighted by atomic mass is 9.96. The molecular weight excluding hydrogens is 538 g/mol. The van der Waals surface area contributed by atoms with Crippen LogP contribution in [0.2, 0.25) is 0 Å². The standard InChI is InChI=1S/C31H43N5O6/c1-20-17-36(21(2)19-37)29(38)26-16-24(33-30(39)32-23-10-13-25(41-4)14-11-23)12-15-27(26)42-28(20)18-35(3)31(40)34-22-8-6-5-7-9-22/h10-16,20-22,28,37H,5-9,17-19H2,1-4H3,(H,34,40)(H2,32,33,39)/t20-,21+,28-/m1/s1. The molecule has 2 aliphatic rings. The number of rotatable bonds is 8. The van der Waals surface area contributed by atoms with Crippen LogP contribution in [0.3, 0.4) is 0 Å². The third-order valence-electron chi connectivity index (χ3n) is 8.00. The Bertz CT molecular complexity index is 1230. The van der Waals surface area contributed by atoms with Crippen molar-refractivity contribution in [1.82, 2.24) is 15.1 Å². The number of aliphatic hydroxyl groups is 1. The van der Waals surface area contributed by atoms with Gasteiger partial charge < -0.3 is 40.3 Å². The average molecular weight is 582 g/mol. The van der Waals surface area contributed by atoms with Crippen LogP contribution in [-0.4, -0.2) is 84.9 Å². The van der Waals surface area contributed by atoms with Gasteiger partial charge in [-0.05, 0) is 62.2 Å². The Morgan fingerprint density at radius 2 is 1.76 bits per heavy atom. The zero-order valence-electron chi connectivity index (χ0n) is 24.9. The van der Waals surface area contributed by atoms with Gasteiger partial charge in [0.15, 0.2) is 0 Å². The number of benzene rings is 2. The van der Waals surface area contributed by atoms with Crippen molar-refractivity contribution in [2.75, 3.05) is 44.5 Å². The van der Waals surface area contributed by atoms with Crippen LogP contribution in [0.4, 0.5) is 21.0 Å². The molecule has 11 nitrogen and oxygen atoms in total. The fourth-order valence-electron chi connectivity index (χ4n) is 5.37. The van der Waals surface area contributed by atoms with E-state index in [1.54, 1.807) is 73.3 Å². The summed E-state index contributed by atoms with van der Waals surface area (Å²) in [5.74, 6) is 0.592. The Labute approximate surface area is 247 Å². The Kier molecular flexibility index (Phi) is 10.5. The number of likely N-dealkylation sites (N-methyl/N-ethyl adjacent to an activating group) is 1. The van der Waals surface area contributed by atoms with E-state index in [2.05, 4.69) is 16.0 Å². The van der Waals surface area contributed by atoms with E-state index in [0.717, 1.165) is 25.7 Å². The number of hydrogen-bond acceptors (Lipinski definition) is 6. The highest BCUT2D eigenvalue weighted by molar-refractivity contribution is 6.02. The molecule has 42 heavy (non-hydrogen) atoms. The minimum atomic E-state index is -0.475. The van der Waals surface area contributed by atoms with Crippen LogP contribution in [0.5, 0.6) is 11.5 Å². The molecule has 0 spiro atoms. The second-order valence-electron chi connectivity index (χ2n) is 11.3. The molecule has 0 saturated heterocycles. The van der Waals surface area contributed by atoms with E-state index in [9.17, 15) is 19.5 Å². The number of hydrogen-bond donors (Lipinski definition) is 4. The van der Waals surface area contributed by atoms with Crippen molar-refractivity contribution in [2.24, 2.45) is 5.92 Å². The normalized spacial score (nSPS) is 19.8. The molecule has 1 aliphatic heterocycles. The minimum absolute atomic E-state index is 0.130. The summed E-state index contributed by atoms with van der Waals surface area (Å²) >= 11 is 0. The highest BCUT2D eigenvalue weighted by atomic mass is 16.5. The molecule has 0 unspecified atom stereocenters. The number of nitrogens with zero attached hydrogens (tertiary/aromatic N) is 2. The molecule has 1 heterocycles. The molecule has 0 bridgehead atoms. The highest BCUT2D eigenvalue weighted by Gasteiger charge is 2.34. The van der Waals surface area contributed by atoms with Crippen molar-refractivity contribution in [3.63, 3.8) is 0 Å². The van der Waals surface area contributed by atoms with Crippen molar-refractivity contribution in [3.8, 4) is 11.5 Å². The van der Waals surface area contributed by atoms with Gasteiger partial charge in [0.2, 0.25) is 0 Å². The predicted molar refractivity (Wildman–Crippen MR) is 161 cm³/mol. The zero-order chi connectivity index (χ0) is 30.2.